The van der Waals surface area contributed by atoms with Crippen molar-refractivity contribution in [2.45, 2.75) is 58.0 Å². The van der Waals surface area contributed by atoms with E-state index in [1.165, 1.54) is 43.6 Å². The van der Waals surface area contributed by atoms with Gasteiger partial charge in [0.05, 0.1) is 5.69 Å². The minimum atomic E-state index is 0.119. The molecule has 1 saturated heterocycles. The van der Waals surface area contributed by atoms with E-state index in [9.17, 15) is 0 Å². The summed E-state index contributed by atoms with van der Waals surface area (Å²) in [5.74, 6) is 0.834. The van der Waals surface area contributed by atoms with Crippen molar-refractivity contribution in [2.24, 2.45) is 13.0 Å². The van der Waals surface area contributed by atoms with Gasteiger partial charge in [0.25, 0.3) is 0 Å². The molecule has 1 atom stereocenters. The number of rotatable bonds is 5. The first-order valence-corrected chi connectivity index (χ1v) is 8.41. The van der Waals surface area contributed by atoms with Crippen LogP contribution in [0.4, 0.5) is 0 Å². The number of nitrogens with zero attached hydrogens (tertiary/aromatic N) is 3. The highest BCUT2D eigenvalue weighted by molar-refractivity contribution is 5.23. The van der Waals surface area contributed by atoms with Crippen molar-refractivity contribution in [2.75, 3.05) is 19.6 Å². The van der Waals surface area contributed by atoms with Gasteiger partial charge < -0.3 is 10.2 Å². The van der Waals surface area contributed by atoms with Crippen molar-refractivity contribution in [3.8, 4) is 0 Å². The summed E-state index contributed by atoms with van der Waals surface area (Å²) in [7, 11) is 2.02. The van der Waals surface area contributed by atoms with Crippen LogP contribution in [0, 0.1) is 5.92 Å². The topological polar surface area (TPSA) is 33.1 Å². The summed E-state index contributed by atoms with van der Waals surface area (Å²) in [6.07, 6.45) is 6.40. The standard InChI is InChI=1S/C17H30N4/c1-17(2,3)16-14(12-20(4)19-16)10-18-9-13-7-8-21(11-13)15-5-6-15/h12-13,15,18H,5-11H2,1-4H3. The van der Waals surface area contributed by atoms with Crippen molar-refractivity contribution in [3.05, 3.63) is 17.5 Å². The lowest BCUT2D eigenvalue weighted by Gasteiger charge is -2.18. The highest BCUT2D eigenvalue weighted by atomic mass is 15.3. The molecule has 0 aromatic carbocycles. The largest absolute Gasteiger partial charge is 0.312 e. The summed E-state index contributed by atoms with van der Waals surface area (Å²) in [5, 5.41) is 8.31. The lowest BCUT2D eigenvalue weighted by atomic mass is 9.89. The van der Waals surface area contributed by atoms with Crippen molar-refractivity contribution >= 4 is 0 Å². The molecule has 1 aromatic heterocycles. The van der Waals surface area contributed by atoms with Gasteiger partial charge in [-0.05, 0) is 38.3 Å². The first-order chi connectivity index (χ1) is 9.93. The van der Waals surface area contributed by atoms with Gasteiger partial charge in [-0.15, -0.1) is 0 Å². The normalized spacial score (nSPS) is 23.9. The fourth-order valence-electron chi connectivity index (χ4n) is 3.51. The van der Waals surface area contributed by atoms with E-state index < -0.39 is 0 Å². The molecule has 0 radical (unpaired) electrons. The van der Waals surface area contributed by atoms with Gasteiger partial charge in [-0.25, -0.2) is 0 Å². The van der Waals surface area contributed by atoms with Gasteiger partial charge in [-0.2, -0.15) is 5.10 Å². The molecule has 21 heavy (non-hydrogen) atoms. The Hall–Kier alpha value is -0.870. The van der Waals surface area contributed by atoms with Crippen molar-refractivity contribution in [1.29, 1.82) is 0 Å². The van der Waals surface area contributed by atoms with E-state index in [4.69, 9.17) is 0 Å². The van der Waals surface area contributed by atoms with Crippen molar-refractivity contribution in [1.82, 2.24) is 20.0 Å². The number of aromatic nitrogens is 2. The predicted octanol–water partition coefficient (Wildman–Crippen LogP) is 2.29. The smallest absolute Gasteiger partial charge is 0.0722 e. The summed E-state index contributed by atoms with van der Waals surface area (Å²) in [6, 6.07) is 0.931. The van der Waals surface area contributed by atoms with E-state index >= 15 is 0 Å². The number of hydrogen-bond donors (Lipinski definition) is 1. The second-order valence-electron chi connectivity index (χ2n) is 7.94. The van der Waals surface area contributed by atoms with E-state index in [0.717, 1.165) is 25.0 Å². The molecular weight excluding hydrogens is 260 g/mol. The molecule has 1 aliphatic carbocycles. The van der Waals surface area contributed by atoms with E-state index in [1.54, 1.807) is 0 Å². The van der Waals surface area contributed by atoms with Crippen LogP contribution in [0.25, 0.3) is 0 Å². The molecule has 1 saturated carbocycles. The van der Waals surface area contributed by atoms with Crippen LogP contribution in [0.2, 0.25) is 0 Å². The molecule has 1 unspecified atom stereocenters. The monoisotopic (exact) mass is 290 g/mol. The Morgan fingerprint density at radius 1 is 1.29 bits per heavy atom. The van der Waals surface area contributed by atoms with Crippen molar-refractivity contribution < 1.29 is 0 Å². The average molecular weight is 290 g/mol. The highest BCUT2D eigenvalue weighted by Gasteiger charge is 2.34. The molecule has 0 spiro atoms. The number of hydrogen-bond acceptors (Lipinski definition) is 3. The Bertz CT molecular complexity index is 481. The van der Waals surface area contributed by atoms with Crippen molar-refractivity contribution in [3.63, 3.8) is 0 Å². The zero-order valence-corrected chi connectivity index (χ0v) is 14.0. The minimum Gasteiger partial charge on any atom is -0.312 e. The Morgan fingerprint density at radius 2 is 2.05 bits per heavy atom. The molecule has 1 aliphatic heterocycles. The second kappa shape index (κ2) is 5.73. The number of likely N-dealkylation sites (tertiary alicyclic amines) is 1. The van der Waals surface area contributed by atoms with E-state index in [1.807, 2.05) is 11.7 Å². The highest BCUT2D eigenvalue weighted by Crippen LogP contribution is 2.31. The molecule has 4 heteroatoms. The Labute approximate surface area is 128 Å². The molecule has 118 valence electrons. The van der Waals surface area contributed by atoms with Gasteiger partial charge >= 0.3 is 0 Å². The van der Waals surface area contributed by atoms with Crippen LogP contribution >= 0.6 is 0 Å². The van der Waals surface area contributed by atoms with Gasteiger partial charge in [0.1, 0.15) is 0 Å². The lowest BCUT2D eigenvalue weighted by Crippen LogP contribution is -2.28. The summed E-state index contributed by atoms with van der Waals surface area (Å²) in [5.41, 5.74) is 2.69. The molecule has 1 N–H and O–H groups in total. The molecule has 3 rings (SSSR count). The minimum absolute atomic E-state index is 0.119. The maximum atomic E-state index is 4.64. The average Bonchev–Trinajstić information content (AvgIpc) is 3.01. The van der Waals surface area contributed by atoms with Crippen LogP contribution in [-0.4, -0.2) is 40.4 Å². The van der Waals surface area contributed by atoms with Crippen LogP contribution < -0.4 is 5.32 Å². The SMILES string of the molecule is Cn1cc(CNCC2CCN(C3CC3)C2)c(C(C)(C)C)n1. The van der Waals surface area contributed by atoms with Crippen LogP contribution in [0.15, 0.2) is 6.20 Å². The third-order valence-electron chi connectivity index (χ3n) is 4.74. The summed E-state index contributed by atoms with van der Waals surface area (Å²) in [6.45, 7) is 11.4. The molecule has 0 bridgehead atoms. The van der Waals surface area contributed by atoms with E-state index in [0.29, 0.717) is 0 Å². The Kier molecular flexibility index (Phi) is 4.10. The van der Waals surface area contributed by atoms with Gasteiger partial charge in [0.15, 0.2) is 0 Å². The Balaban J connectivity index is 1.49. The van der Waals surface area contributed by atoms with Crippen LogP contribution in [0.3, 0.4) is 0 Å². The van der Waals surface area contributed by atoms with E-state index in [2.05, 4.69) is 42.3 Å². The molecule has 2 aliphatic rings. The predicted molar refractivity (Wildman–Crippen MR) is 86.3 cm³/mol. The summed E-state index contributed by atoms with van der Waals surface area (Å²) < 4.78 is 1.95. The quantitative estimate of drug-likeness (QED) is 0.903. The zero-order valence-electron chi connectivity index (χ0n) is 14.0. The van der Waals surface area contributed by atoms with Gasteiger partial charge in [-0.3, -0.25) is 4.68 Å². The maximum Gasteiger partial charge on any atom is 0.0722 e. The maximum absolute atomic E-state index is 4.64. The Morgan fingerprint density at radius 3 is 2.71 bits per heavy atom. The van der Waals surface area contributed by atoms with Gasteiger partial charge in [-0.1, -0.05) is 20.8 Å². The molecule has 0 amide bonds. The van der Waals surface area contributed by atoms with E-state index in [-0.39, 0.29) is 5.41 Å². The number of aryl methyl sites for hydroxylation is 1. The first kappa shape index (κ1) is 15.0. The van der Waals surface area contributed by atoms with Gasteiger partial charge in [0, 0.05) is 43.4 Å². The molecule has 4 nitrogen and oxygen atoms in total. The third-order valence-corrected chi connectivity index (χ3v) is 4.74. The fraction of sp³-hybridized carbons (Fsp3) is 0.824. The molecular formula is C17H30N4. The first-order valence-electron chi connectivity index (χ1n) is 8.41. The van der Waals surface area contributed by atoms with Gasteiger partial charge in [0.2, 0.25) is 0 Å². The molecule has 1 aromatic rings. The van der Waals surface area contributed by atoms with Crippen LogP contribution in [0.1, 0.15) is 51.3 Å². The lowest BCUT2D eigenvalue weighted by molar-refractivity contribution is 0.311. The fourth-order valence-corrected chi connectivity index (χ4v) is 3.51. The van der Waals surface area contributed by atoms with Crippen LogP contribution in [0.5, 0.6) is 0 Å². The summed E-state index contributed by atoms with van der Waals surface area (Å²) >= 11 is 0. The zero-order chi connectivity index (χ0) is 15.0. The number of nitrogens with one attached hydrogen (secondary N) is 1. The van der Waals surface area contributed by atoms with Crippen LogP contribution in [-0.2, 0) is 19.0 Å². The molecule has 2 fully saturated rings. The third kappa shape index (κ3) is 3.67. The molecule has 2 heterocycles. The summed E-state index contributed by atoms with van der Waals surface area (Å²) in [4.78, 5) is 2.69. The second-order valence-corrected chi connectivity index (χ2v) is 7.94.